The molecule has 1 aliphatic rings. The Balaban J connectivity index is 1.69. The SMILES string of the molecule is CCOc1cc(N(CC)CC)ccc1C1(c2c(-c3ccccc3)cc3c(C)nc4ccccc4n23)OC(=O)c2ncccc21. The van der Waals surface area contributed by atoms with Crippen LogP contribution in [-0.4, -0.2) is 40.0 Å². The quantitative estimate of drug-likeness (QED) is 0.173. The first-order valence-corrected chi connectivity index (χ1v) is 15.2. The van der Waals surface area contributed by atoms with Gasteiger partial charge in [0.2, 0.25) is 5.60 Å². The number of carbonyl (C=O) groups excluding carboxylic acids is 1. The Kier molecular flexibility index (Phi) is 6.81. The molecule has 0 radical (unpaired) electrons. The van der Waals surface area contributed by atoms with Gasteiger partial charge in [-0.15, -0.1) is 0 Å². The number of para-hydroxylation sites is 2. The summed E-state index contributed by atoms with van der Waals surface area (Å²) in [4.78, 5) is 25.6. The van der Waals surface area contributed by atoms with Gasteiger partial charge in [-0.05, 0) is 69.7 Å². The Hall–Kier alpha value is -5.17. The molecule has 4 heterocycles. The van der Waals surface area contributed by atoms with E-state index in [0.29, 0.717) is 23.6 Å². The first-order valence-electron chi connectivity index (χ1n) is 15.2. The van der Waals surface area contributed by atoms with Crippen molar-refractivity contribution in [2.24, 2.45) is 0 Å². The molecule has 7 nitrogen and oxygen atoms in total. The molecule has 0 bridgehead atoms. The van der Waals surface area contributed by atoms with Crippen LogP contribution >= 0.6 is 0 Å². The van der Waals surface area contributed by atoms with Crippen LogP contribution in [0.4, 0.5) is 5.69 Å². The minimum absolute atomic E-state index is 0.298. The van der Waals surface area contributed by atoms with Crippen LogP contribution in [0.25, 0.3) is 27.7 Å². The van der Waals surface area contributed by atoms with E-state index >= 15 is 0 Å². The Morgan fingerprint density at radius 3 is 2.41 bits per heavy atom. The number of aryl methyl sites for hydroxylation is 1. The zero-order valence-electron chi connectivity index (χ0n) is 25.4. The number of hydrogen-bond donors (Lipinski definition) is 0. The average Bonchev–Trinajstić information content (AvgIpc) is 3.60. The van der Waals surface area contributed by atoms with Crippen molar-refractivity contribution in [3.63, 3.8) is 0 Å². The monoisotopic (exact) mass is 582 g/mol. The number of hydrogen-bond acceptors (Lipinski definition) is 6. The number of pyridine rings is 1. The van der Waals surface area contributed by atoms with Crippen LogP contribution in [0.5, 0.6) is 5.75 Å². The Labute approximate surface area is 256 Å². The first kappa shape index (κ1) is 27.7. The number of esters is 1. The van der Waals surface area contributed by atoms with Gasteiger partial charge in [0.05, 0.1) is 34.5 Å². The van der Waals surface area contributed by atoms with Crippen LogP contribution < -0.4 is 9.64 Å². The van der Waals surface area contributed by atoms with Crippen LogP contribution in [0.1, 0.15) is 53.8 Å². The number of anilines is 1. The highest BCUT2D eigenvalue weighted by Gasteiger charge is 2.54. The summed E-state index contributed by atoms with van der Waals surface area (Å²) >= 11 is 0. The molecule has 1 unspecified atom stereocenters. The third-order valence-corrected chi connectivity index (χ3v) is 8.60. The maximum Gasteiger partial charge on any atom is 0.359 e. The van der Waals surface area contributed by atoms with Crippen LogP contribution in [0, 0.1) is 6.92 Å². The van der Waals surface area contributed by atoms with E-state index in [0.717, 1.165) is 63.4 Å². The fourth-order valence-electron chi connectivity index (χ4n) is 6.66. The summed E-state index contributed by atoms with van der Waals surface area (Å²) in [5.74, 6) is 0.186. The zero-order valence-corrected chi connectivity index (χ0v) is 25.4. The van der Waals surface area contributed by atoms with E-state index in [1.54, 1.807) is 6.20 Å². The molecule has 44 heavy (non-hydrogen) atoms. The Morgan fingerprint density at radius 2 is 1.64 bits per heavy atom. The zero-order chi connectivity index (χ0) is 30.4. The van der Waals surface area contributed by atoms with Gasteiger partial charge in [0, 0.05) is 47.7 Å². The number of nitrogens with zero attached hydrogens (tertiary/aromatic N) is 4. The molecule has 1 atom stereocenters. The van der Waals surface area contributed by atoms with Gasteiger partial charge in [0.25, 0.3) is 0 Å². The van der Waals surface area contributed by atoms with E-state index in [4.69, 9.17) is 14.5 Å². The molecule has 1 aliphatic heterocycles. The second-order valence-corrected chi connectivity index (χ2v) is 10.9. The largest absolute Gasteiger partial charge is 0.493 e. The highest BCUT2D eigenvalue weighted by molar-refractivity contribution is 5.96. The second kappa shape index (κ2) is 10.8. The molecule has 220 valence electrons. The Morgan fingerprint density at radius 1 is 0.864 bits per heavy atom. The highest BCUT2D eigenvalue weighted by Crippen LogP contribution is 2.53. The van der Waals surface area contributed by atoms with Crippen molar-refractivity contribution in [1.29, 1.82) is 0 Å². The maximum absolute atomic E-state index is 13.8. The molecule has 0 spiro atoms. The lowest BCUT2D eigenvalue weighted by atomic mass is 9.80. The molecule has 0 N–H and O–H groups in total. The van der Waals surface area contributed by atoms with Crippen LogP contribution in [0.2, 0.25) is 0 Å². The van der Waals surface area contributed by atoms with E-state index in [1.165, 1.54) is 0 Å². The van der Waals surface area contributed by atoms with Crippen molar-refractivity contribution in [2.45, 2.75) is 33.3 Å². The lowest BCUT2D eigenvalue weighted by Crippen LogP contribution is -2.33. The minimum Gasteiger partial charge on any atom is -0.493 e. The molecule has 7 rings (SSSR count). The summed E-state index contributed by atoms with van der Waals surface area (Å²) in [6.07, 6.45) is 1.64. The Bertz CT molecular complexity index is 2030. The normalized spacial score (nSPS) is 15.9. The third-order valence-electron chi connectivity index (χ3n) is 8.60. The van der Waals surface area contributed by atoms with Crippen LogP contribution in [0.3, 0.4) is 0 Å². The van der Waals surface area contributed by atoms with E-state index in [2.05, 4.69) is 70.6 Å². The minimum atomic E-state index is -1.37. The van der Waals surface area contributed by atoms with Crippen LogP contribution in [0.15, 0.2) is 97.2 Å². The molecule has 0 amide bonds. The van der Waals surface area contributed by atoms with Gasteiger partial charge < -0.3 is 18.8 Å². The molecule has 3 aromatic carbocycles. The van der Waals surface area contributed by atoms with Crippen molar-refractivity contribution < 1.29 is 14.3 Å². The van der Waals surface area contributed by atoms with Crippen molar-refractivity contribution in [2.75, 3.05) is 24.6 Å². The summed E-state index contributed by atoms with van der Waals surface area (Å²) < 4.78 is 15.3. The van der Waals surface area contributed by atoms with Crippen molar-refractivity contribution >= 4 is 28.2 Å². The maximum atomic E-state index is 13.8. The lowest BCUT2D eigenvalue weighted by molar-refractivity contribution is 0.0229. The van der Waals surface area contributed by atoms with Gasteiger partial charge >= 0.3 is 5.97 Å². The molecule has 0 saturated carbocycles. The van der Waals surface area contributed by atoms with Gasteiger partial charge in [0.15, 0.2) is 5.69 Å². The number of cyclic esters (lactones) is 1. The number of fused-ring (bicyclic) bond motifs is 4. The number of aromatic nitrogens is 3. The van der Waals surface area contributed by atoms with Gasteiger partial charge in [-0.1, -0.05) is 48.5 Å². The van der Waals surface area contributed by atoms with Crippen LogP contribution in [-0.2, 0) is 10.3 Å². The predicted molar refractivity (Wildman–Crippen MR) is 174 cm³/mol. The molecular formula is C37H34N4O3. The van der Waals surface area contributed by atoms with E-state index in [-0.39, 0.29) is 0 Å². The number of benzene rings is 3. The fourth-order valence-corrected chi connectivity index (χ4v) is 6.66. The molecule has 3 aromatic heterocycles. The summed E-state index contributed by atoms with van der Waals surface area (Å²) in [6, 6.07) is 30.5. The second-order valence-electron chi connectivity index (χ2n) is 10.9. The first-order chi connectivity index (χ1) is 21.5. The van der Waals surface area contributed by atoms with Gasteiger partial charge in [-0.3, -0.25) is 0 Å². The molecule has 6 aromatic rings. The van der Waals surface area contributed by atoms with E-state index < -0.39 is 11.6 Å². The van der Waals surface area contributed by atoms with Crippen molar-refractivity contribution in [1.82, 2.24) is 14.4 Å². The van der Waals surface area contributed by atoms with Gasteiger partial charge in [-0.25, -0.2) is 14.8 Å². The average molecular weight is 583 g/mol. The summed E-state index contributed by atoms with van der Waals surface area (Å²) in [6.45, 7) is 10.4. The summed E-state index contributed by atoms with van der Waals surface area (Å²) in [5.41, 5.74) is 7.70. The lowest BCUT2D eigenvalue weighted by Gasteiger charge is -2.33. The van der Waals surface area contributed by atoms with E-state index in [9.17, 15) is 4.79 Å². The van der Waals surface area contributed by atoms with Crippen molar-refractivity contribution in [3.05, 3.63) is 125 Å². The number of ether oxygens (including phenoxy) is 2. The smallest absolute Gasteiger partial charge is 0.359 e. The van der Waals surface area contributed by atoms with E-state index in [1.807, 2.05) is 62.4 Å². The predicted octanol–water partition coefficient (Wildman–Crippen LogP) is 7.57. The number of rotatable bonds is 8. The fraction of sp³-hybridized carbons (Fsp3) is 0.216. The standard InChI is InChI=1S/C37H34N4O3/c1-5-40(6-2)26-19-20-28(33(22-26)43-7-3)37(29-16-13-21-38-34(29)36(42)44-37)35-27(25-14-9-8-10-15-25)23-32-24(4)39-30-17-11-12-18-31(30)41(32)35/h8-23H,5-7H2,1-4H3. The highest BCUT2D eigenvalue weighted by atomic mass is 16.6. The molecule has 0 saturated heterocycles. The van der Waals surface area contributed by atoms with Gasteiger partial charge in [0.1, 0.15) is 5.75 Å². The molecule has 0 fully saturated rings. The molecule has 7 heteroatoms. The topological polar surface area (TPSA) is 69.0 Å². The summed E-state index contributed by atoms with van der Waals surface area (Å²) in [7, 11) is 0. The van der Waals surface area contributed by atoms with Gasteiger partial charge in [-0.2, -0.15) is 0 Å². The number of carbonyl (C=O) groups is 1. The van der Waals surface area contributed by atoms with Crippen molar-refractivity contribution in [3.8, 4) is 16.9 Å². The molecular weight excluding hydrogens is 548 g/mol. The summed E-state index contributed by atoms with van der Waals surface area (Å²) in [5, 5.41) is 0. The third kappa shape index (κ3) is 4.07. The molecule has 0 aliphatic carbocycles.